The minimum Gasteiger partial charge on any atom is -0.361 e. The minimum atomic E-state index is -0.00413. The first-order valence-electron chi connectivity index (χ1n) is 9.60. The first-order chi connectivity index (χ1) is 13.2. The van der Waals surface area contributed by atoms with Crippen molar-refractivity contribution < 1.29 is 4.79 Å². The smallest absolute Gasteiger partial charge is 0.225 e. The third-order valence-corrected chi connectivity index (χ3v) is 5.03. The molecule has 6 nitrogen and oxygen atoms in total. The Hall–Kier alpha value is -2.89. The molecule has 0 spiro atoms. The molecular weight excluding hydrogens is 338 g/mol. The van der Waals surface area contributed by atoms with Crippen molar-refractivity contribution in [3.05, 3.63) is 53.5 Å². The van der Waals surface area contributed by atoms with Gasteiger partial charge in [0.15, 0.2) is 0 Å². The molecule has 1 saturated heterocycles. The van der Waals surface area contributed by atoms with Crippen molar-refractivity contribution in [2.75, 3.05) is 18.0 Å². The normalized spacial score (nSPS) is 14.5. The molecule has 3 aromatic rings. The number of rotatable bonds is 5. The van der Waals surface area contributed by atoms with Crippen molar-refractivity contribution >= 4 is 22.8 Å². The number of amides is 1. The molecule has 2 aromatic heterocycles. The summed E-state index contributed by atoms with van der Waals surface area (Å²) in [5.41, 5.74) is 3.86. The molecule has 140 valence electrons. The van der Waals surface area contributed by atoms with Crippen LogP contribution in [0, 0.1) is 6.92 Å². The molecule has 3 heterocycles. The van der Waals surface area contributed by atoms with E-state index in [0.717, 1.165) is 46.9 Å². The molecule has 1 aliphatic rings. The number of fused-ring (bicyclic) bond motifs is 1. The molecule has 1 fully saturated rings. The van der Waals surface area contributed by atoms with Gasteiger partial charge in [0.2, 0.25) is 11.9 Å². The number of aromatic nitrogens is 3. The Morgan fingerprint density at radius 2 is 2.00 bits per heavy atom. The lowest BCUT2D eigenvalue weighted by Crippen LogP contribution is -2.32. The number of H-pyrrole nitrogens is 1. The van der Waals surface area contributed by atoms with Crippen LogP contribution in [0.5, 0.6) is 0 Å². The molecule has 0 bridgehead atoms. The molecule has 6 heteroatoms. The van der Waals surface area contributed by atoms with Crippen molar-refractivity contribution in [1.82, 2.24) is 20.3 Å². The Kier molecular flexibility index (Phi) is 5.05. The number of carbonyl (C=O) groups is 1. The lowest BCUT2D eigenvalue weighted by atomic mass is 10.1. The number of hydrogen-bond acceptors (Lipinski definition) is 4. The van der Waals surface area contributed by atoms with Crippen molar-refractivity contribution in [3.8, 4) is 0 Å². The van der Waals surface area contributed by atoms with E-state index in [1.807, 2.05) is 43.5 Å². The van der Waals surface area contributed by atoms with Crippen molar-refractivity contribution in [3.63, 3.8) is 0 Å². The van der Waals surface area contributed by atoms with Gasteiger partial charge in [-0.05, 0) is 43.9 Å². The summed E-state index contributed by atoms with van der Waals surface area (Å²) in [6, 6.07) is 9.97. The van der Waals surface area contributed by atoms with Gasteiger partial charge in [-0.15, -0.1) is 0 Å². The first-order valence-corrected chi connectivity index (χ1v) is 9.60. The van der Waals surface area contributed by atoms with Crippen molar-refractivity contribution in [2.24, 2.45) is 0 Å². The number of anilines is 1. The van der Waals surface area contributed by atoms with E-state index >= 15 is 0 Å². The number of nitrogens with zero attached hydrogens (tertiary/aromatic N) is 3. The van der Waals surface area contributed by atoms with Crippen LogP contribution in [0.2, 0.25) is 0 Å². The third kappa shape index (κ3) is 4.10. The first kappa shape index (κ1) is 17.5. The highest BCUT2D eigenvalue weighted by atomic mass is 16.1. The van der Waals surface area contributed by atoms with Crippen molar-refractivity contribution in [2.45, 2.75) is 39.2 Å². The molecule has 0 saturated carbocycles. The Bertz CT molecular complexity index is 943. The standard InChI is InChI=1S/C21H25N5O/c1-15-11-17(25-21(24-15)26-9-5-2-6-10-26)14-23-20(27)12-16-13-22-19-8-4-3-7-18(16)19/h3-4,7-8,11,13,22H,2,5-6,9-10,12,14H2,1H3,(H,23,27). The lowest BCUT2D eigenvalue weighted by Gasteiger charge is -2.27. The zero-order chi connectivity index (χ0) is 18.6. The van der Waals surface area contributed by atoms with Gasteiger partial charge < -0.3 is 15.2 Å². The largest absolute Gasteiger partial charge is 0.361 e. The van der Waals surface area contributed by atoms with Gasteiger partial charge in [0.05, 0.1) is 18.7 Å². The number of para-hydroxylation sites is 1. The predicted octanol–water partition coefficient (Wildman–Crippen LogP) is 3.12. The Labute approximate surface area is 159 Å². The highest BCUT2D eigenvalue weighted by Crippen LogP contribution is 2.19. The summed E-state index contributed by atoms with van der Waals surface area (Å²) in [7, 11) is 0. The predicted molar refractivity (Wildman–Crippen MR) is 107 cm³/mol. The van der Waals surface area contributed by atoms with Gasteiger partial charge in [-0.2, -0.15) is 0 Å². The number of hydrogen-bond donors (Lipinski definition) is 2. The van der Waals surface area contributed by atoms with E-state index in [1.54, 1.807) is 0 Å². The van der Waals surface area contributed by atoms with Gasteiger partial charge in [0.25, 0.3) is 0 Å². The molecule has 1 aromatic carbocycles. The van der Waals surface area contributed by atoms with Crippen LogP contribution >= 0.6 is 0 Å². The molecule has 2 N–H and O–H groups in total. The van der Waals surface area contributed by atoms with E-state index in [9.17, 15) is 4.79 Å². The van der Waals surface area contributed by atoms with Crippen LogP contribution in [-0.2, 0) is 17.8 Å². The molecule has 27 heavy (non-hydrogen) atoms. The van der Waals surface area contributed by atoms with Gasteiger partial charge in [-0.3, -0.25) is 4.79 Å². The van der Waals surface area contributed by atoms with Crippen LogP contribution in [0.15, 0.2) is 36.5 Å². The Balaban J connectivity index is 1.40. The number of aromatic amines is 1. The van der Waals surface area contributed by atoms with Gasteiger partial charge >= 0.3 is 0 Å². The SMILES string of the molecule is Cc1cc(CNC(=O)Cc2c[nH]c3ccccc23)nc(N2CCCCC2)n1. The highest BCUT2D eigenvalue weighted by Gasteiger charge is 2.15. The quantitative estimate of drug-likeness (QED) is 0.730. The van der Waals surface area contributed by atoms with E-state index in [-0.39, 0.29) is 5.91 Å². The fraction of sp³-hybridized carbons (Fsp3) is 0.381. The molecule has 0 aliphatic carbocycles. The van der Waals surface area contributed by atoms with Gasteiger partial charge in [-0.1, -0.05) is 18.2 Å². The summed E-state index contributed by atoms with van der Waals surface area (Å²) >= 11 is 0. The van der Waals surface area contributed by atoms with Crippen LogP contribution in [0.25, 0.3) is 10.9 Å². The molecular formula is C21H25N5O. The number of benzene rings is 1. The van der Waals surface area contributed by atoms with E-state index in [0.29, 0.717) is 13.0 Å². The molecule has 0 unspecified atom stereocenters. The monoisotopic (exact) mass is 363 g/mol. The van der Waals surface area contributed by atoms with E-state index in [1.165, 1.54) is 19.3 Å². The lowest BCUT2D eigenvalue weighted by molar-refractivity contribution is -0.120. The number of piperidine rings is 1. The van der Waals surface area contributed by atoms with Gasteiger partial charge in [-0.25, -0.2) is 9.97 Å². The maximum atomic E-state index is 12.4. The molecule has 0 radical (unpaired) electrons. The highest BCUT2D eigenvalue weighted by molar-refractivity contribution is 5.88. The molecule has 0 atom stereocenters. The number of nitrogens with one attached hydrogen (secondary N) is 2. The van der Waals surface area contributed by atoms with E-state index in [4.69, 9.17) is 0 Å². The summed E-state index contributed by atoms with van der Waals surface area (Å²) in [5, 5.41) is 4.09. The molecule has 1 aliphatic heterocycles. The maximum Gasteiger partial charge on any atom is 0.225 e. The van der Waals surface area contributed by atoms with Gasteiger partial charge in [0, 0.05) is 35.9 Å². The number of aryl methyl sites for hydroxylation is 1. The zero-order valence-corrected chi connectivity index (χ0v) is 15.7. The van der Waals surface area contributed by atoms with Crippen LogP contribution in [-0.4, -0.2) is 33.9 Å². The molecule has 1 amide bonds. The second-order valence-electron chi connectivity index (χ2n) is 7.16. The maximum absolute atomic E-state index is 12.4. The van der Waals surface area contributed by atoms with Crippen LogP contribution in [0.4, 0.5) is 5.95 Å². The summed E-state index contributed by atoms with van der Waals surface area (Å²) in [4.78, 5) is 27.1. The average molecular weight is 363 g/mol. The van der Waals surface area contributed by atoms with E-state index < -0.39 is 0 Å². The van der Waals surface area contributed by atoms with Gasteiger partial charge in [0.1, 0.15) is 0 Å². The van der Waals surface area contributed by atoms with Crippen LogP contribution in [0.3, 0.4) is 0 Å². The zero-order valence-electron chi connectivity index (χ0n) is 15.7. The summed E-state index contributed by atoms with van der Waals surface area (Å²) in [6.07, 6.45) is 5.92. The summed E-state index contributed by atoms with van der Waals surface area (Å²) < 4.78 is 0. The molecule has 4 rings (SSSR count). The van der Waals surface area contributed by atoms with E-state index in [2.05, 4.69) is 25.2 Å². The Morgan fingerprint density at radius 1 is 1.19 bits per heavy atom. The third-order valence-electron chi connectivity index (χ3n) is 5.03. The second-order valence-corrected chi connectivity index (χ2v) is 7.16. The fourth-order valence-corrected chi connectivity index (χ4v) is 3.65. The summed E-state index contributed by atoms with van der Waals surface area (Å²) in [6.45, 7) is 4.42. The fourth-order valence-electron chi connectivity index (χ4n) is 3.65. The minimum absolute atomic E-state index is 0.00413. The average Bonchev–Trinajstić information content (AvgIpc) is 3.10. The van der Waals surface area contributed by atoms with Crippen molar-refractivity contribution in [1.29, 1.82) is 0 Å². The van der Waals surface area contributed by atoms with Crippen LogP contribution < -0.4 is 10.2 Å². The number of carbonyl (C=O) groups excluding carboxylic acids is 1. The topological polar surface area (TPSA) is 73.9 Å². The second kappa shape index (κ2) is 7.78. The van der Waals surface area contributed by atoms with Crippen LogP contribution in [0.1, 0.15) is 36.2 Å². The Morgan fingerprint density at radius 3 is 2.85 bits per heavy atom. The summed E-state index contributed by atoms with van der Waals surface area (Å²) in [5.74, 6) is 0.783.